The van der Waals surface area contributed by atoms with E-state index < -0.39 is 16.8 Å². The molecular weight excluding hydrogens is 372 g/mol. The summed E-state index contributed by atoms with van der Waals surface area (Å²) in [6.45, 7) is 2.53. The van der Waals surface area contributed by atoms with Crippen LogP contribution in [0.15, 0.2) is 58.6 Å². The lowest BCUT2D eigenvalue weighted by molar-refractivity contribution is -0.134. The zero-order valence-corrected chi connectivity index (χ0v) is 16.0. The molecule has 0 aliphatic heterocycles. The quantitative estimate of drug-likeness (QED) is 0.669. The second-order valence-corrected chi connectivity index (χ2v) is 7.20. The van der Waals surface area contributed by atoms with Crippen LogP contribution in [0, 0.1) is 0 Å². The Bertz CT molecular complexity index is 978. The van der Waals surface area contributed by atoms with E-state index in [9.17, 15) is 9.00 Å². The lowest BCUT2D eigenvalue weighted by atomic mass is 10.2. The van der Waals surface area contributed by atoms with Gasteiger partial charge in [0.1, 0.15) is 0 Å². The molecular formula is C18H18N2O4S2. The zero-order chi connectivity index (χ0) is 19.3. The van der Waals surface area contributed by atoms with E-state index in [-0.39, 0.29) is 16.8 Å². The van der Waals surface area contributed by atoms with Crippen molar-refractivity contribution < 1.29 is 18.9 Å². The number of hydrogen-bond donors (Lipinski definition) is 2. The summed E-state index contributed by atoms with van der Waals surface area (Å²) in [7, 11) is -1.43. The second-order valence-electron chi connectivity index (χ2n) is 5.38. The Kier molecular flexibility index (Phi) is 6.70. The molecule has 0 aliphatic rings. The standard InChI is InChI=1S/C16H14N2O2S2.C2H4O2/c1-11(19)18-14-8-4-3-7-13(14)17-16(18)22(20)10-12-6-2-5-9-15(12)21;1-2(3)4/h2-9,21H,10H2,1H3;1H3,(H,3,4). The van der Waals surface area contributed by atoms with Crippen molar-refractivity contribution in [3.8, 4) is 0 Å². The van der Waals surface area contributed by atoms with Gasteiger partial charge < -0.3 is 5.11 Å². The molecule has 0 saturated carbocycles. The minimum atomic E-state index is -1.43. The second kappa shape index (κ2) is 8.77. The van der Waals surface area contributed by atoms with Crippen molar-refractivity contribution in [3.05, 3.63) is 54.1 Å². The molecule has 6 nitrogen and oxygen atoms in total. The average Bonchev–Trinajstić information content (AvgIpc) is 2.96. The van der Waals surface area contributed by atoms with Crippen molar-refractivity contribution in [2.45, 2.75) is 29.7 Å². The fraction of sp³-hybridized carbons (Fsp3) is 0.167. The maximum atomic E-state index is 12.7. The largest absolute Gasteiger partial charge is 0.481 e. The van der Waals surface area contributed by atoms with Crippen molar-refractivity contribution in [2.24, 2.45) is 0 Å². The highest BCUT2D eigenvalue weighted by atomic mass is 32.2. The number of benzene rings is 2. The van der Waals surface area contributed by atoms with Crippen molar-refractivity contribution in [3.63, 3.8) is 0 Å². The Morgan fingerprint density at radius 2 is 1.69 bits per heavy atom. The summed E-state index contributed by atoms with van der Waals surface area (Å²) in [6.07, 6.45) is 0. The number of rotatable bonds is 3. The number of thiol groups is 1. The normalized spacial score (nSPS) is 11.5. The molecule has 0 aliphatic carbocycles. The van der Waals surface area contributed by atoms with Crippen LogP contribution in [0.4, 0.5) is 0 Å². The van der Waals surface area contributed by atoms with Crippen LogP contribution in [0.3, 0.4) is 0 Å². The summed E-state index contributed by atoms with van der Waals surface area (Å²) in [5.74, 6) is -0.757. The van der Waals surface area contributed by atoms with E-state index in [1.165, 1.54) is 11.5 Å². The van der Waals surface area contributed by atoms with Gasteiger partial charge in [0.15, 0.2) is 0 Å². The number of carboxylic acid groups (broad SMARTS) is 1. The molecule has 8 heteroatoms. The van der Waals surface area contributed by atoms with Gasteiger partial charge in [-0.2, -0.15) is 0 Å². The minimum Gasteiger partial charge on any atom is -0.481 e. The molecule has 26 heavy (non-hydrogen) atoms. The van der Waals surface area contributed by atoms with Gasteiger partial charge >= 0.3 is 0 Å². The maximum absolute atomic E-state index is 12.7. The summed E-state index contributed by atoms with van der Waals surface area (Å²) in [5.41, 5.74) is 2.21. The van der Waals surface area contributed by atoms with E-state index in [0.29, 0.717) is 11.0 Å². The topological polar surface area (TPSA) is 89.3 Å². The molecule has 0 radical (unpaired) electrons. The Morgan fingerprint density at radius 3 is 2.31 bits per heavy atom. The van der Waals surface area contributed by atoms with E-state index in [0.717, 1.165) is 17.4 Å². The molecule has 3 rings (SSSR count). The number of carbonyl (C=O) groups excluding carboxylic acids is 1. The maximum Gasteiger partial charge on any atom is 0.300 e. The number of hydrogen-bond acceptors (Lipinski definition) is 5. The van der Waals surface area contributed by atoms with Gasteiger partial charge in [0.05, 0.1) is 27.6 Å². The fourth-order valence-corrected chi connectivity index (χ4v) is 3.94. The Morgan fingerprint density at radius 1 is 1.12 bits per heavy atom. The summed E-state index contributed by atoms with van der Waals surface area (Å²) >= 11 is 4.37. The van der Waals surface area contributed by atoms with E-state index in [2.05, 4.69) is 17.6 Å². The molecule has 1 heterocycles. The number of carboxylic acids is 1. The van der Waals surface area contributed by atoms with Crippen molar-refractivity contribution in [2.75, 3.05) is 0 Å². The van der Waals surface area contributed by atoms with Crippen LogP contribution in [-0.4, -0.2) is 30.7 Å². The smallest absolute Gasteiger partial charge is 0.300 e. The van der Waals surface area contributed by atoms with Crippen molar-refractivity contribution >= 4 is 46.3 Å². The molecule has 3 aromatic rings. The molecule has 136 valence electrons. The first-order chi connectivity index (χ1) is 12.3. The lowest BCUT2D eigenvalue weighted by Gasteiger charge is -2.06. The van der Waals surface area contributed by atoms with Gasteiger partial charge in [-0.3, -0.25) is 18.4 Å². The van der Waals surface area contributed by atoms with Gasteiger partial charge in [-0.1, -0.05) is 30.3 Å². The molecule has 1 unspecified atom stereocenters. The first-order valence-electron chi connectivity index (χ1n) is 7.64. The van der Waals surface area contributed by atoms with Crippen molar-refractivity contribution in [1.29, 1.82) is 0 Å². The minimum absolute atomic E-state index is 0.198. The van der Waals surface area contributed by atoms with Crippen LogP contribution in [-0.2, 0) is 21.3 Å². The average molecular weight is 390 g/mol. The number of fused-ring (bicyclic) bond motifs is 1. The molecule has 1 N–H and O–H groups in total. The molecule has 1 aromatic heterocycles. The Hall–Kier alpha value is -2.45. The molecule has 0 spiro atoms. The Labute approximate surface area is 158 Å². The van der Waals surface area contributed by atoms with Gasteiger partial charge in [0.2, 0.25) is 11.1 Å². The first-order valence-corrected chi connectivity index (χ1v) is 9.41. The Balaban J connectivity index is 0.000000552. The lowest BCUT2D eigenvalue weighted by Crippen LogP contribution is -2.12. The third kappa shape index (κ3) is 4.80. The van der Waals surface area contributed by atoms with Gasteiger partial charge in [-0.25, -0.2) is 4.98 Å². The third-order valence-corrected chi connectivity index (χ3v) is 5.02. The van der Waals surface area contributed by atoms with Crippen LogP contribution in [0.5, 0.6) is 0 Å². The van der Waals surface area contributed by atoms with Crippen molar-refractivity contribution in [1.82, 2.24) is 9.55 Å². The summed E-state index contributed by atoms with van der Waals surface area (Å²) in [6, 6.07) is 14.8. The van der Waals surface area contributed by atoms with Crippen LogP contribution in [0.2, 0.25) is 0 Å². The van der Waals surface area contributed by atoms with E-state index >= 15 is 0 Å². The SMILES string of the molecule is CC(=O)O.CC(=O)n1c(S(=O)Cc2ccccc2S)nc2ccccc21. The third-order valence-electron chi connectivity index (χ3n) is 3.33. The van der Waals surface area contributed by atoms with Crippen LogP contribution < -0.4 is 0 Å². The van der Waals surface area contributed by atoms with Gasteiger partial charge in [-0.05, 0) is 23.8 Å². The van der Waals surface area contributed by atoms with Crippen LogP contribution in [0.25, 0.3) is 11.0 Å². The highest BCUT2D eigenvalue weighted by Crippen LogP contribution is 2.22. The van der Waals surface area contributed by atoms with E-state index in [1.54, 1.807) is 6.07 Å². The molecule has 0 fully saturated rings. The first kappa shape index (κ1) is 19.9. The fourth-order valence-electron chi connectivity index (χ4n) is 2.30. The summed E-state index contributed by atoms with van der Waals surface area (Å²) in [4.78, 5) is 26.1. The summed E-state index contributed by atoms with van der Waals surface area (Å²) in [5, 5.41) is 7.70. The zero-order valence-electron chi connectivity index (χ0n) is 14.2. The number of imidazole rings is 1. The molecule has 0 bridgehead atoms. The molecule has 0 saturated heterocycles. The van der Waals surface area contributed by atoms with Gasteiger partial charge in [0.25, 0.3) is 5.97 Å². The van der Waals surface area contributed by atoms with Gasteiger partial charge in [-0.15, -0.1) is 12.6 Å². The number of nitrogens with zero attached hydrogens (tertiary/aromatic N) is 2. The number of aromatic nitrogens is 2. The van der Waals surface area contributed by atoms with Gasteiger partial charge in [0, 0.05) is 18.7 Å². The predicted octanol–water partition coefficient (Wildman–Crippen LogP) is 3.38. The highest BCUT2D eigenvalue weighted by molar-refractivity contribution is 7.84. The van der Waals surface area contributed by atoms with E-state index in [1.807, 2.05) is 42.5 Å². The summed E-state index contributed by atoms with van der Waals surface area (Å²) < 4.78 is 14.1. The number of aliphatic carboxylic acids is 1. The van der Waals surface area contributed by atoms with E-state index in [4.69, 9.17) is 9.90 Å². The molecule has 1 atom stereocenters. The van der Waals surface area contributed by atoms with Crippen LogP contribution >= 0.6 is 12.6 Å². The molecule has 0 amide bonds. The molecule has 2 aromatic carbocycles. The monoisotopic (exact) mass is 390 g/mol. The van der Waals surface area contributed by atoms with Crippen LogP contribution in [0.1, 0.15) is 24.2 Å². The predicted molar refractivity (Wildman–Crippen MR) is 103 cm³/mol. The number of para-hydroxylation sites is 2. The number of carbonyl (C=O) groups is 2. The highest BCUT2D eigenvalue weighted by Gasteiger charge is 2.19.